The Kier molecular flexibility index (Phi) is 4.96. The van der Waals surface area contributed by atoms with Gasteiger partial charge in [0.25, 0.3) is 0 Å². The van der Waals surface area contributed by atoms with Gasteiger partial charge in [-0.1, -0.05) is 17.7 Å². The molecule has 1 aliphatic heterocycles. The minimum Gasteiger partial charge on any atom is -0.489 e. The lowest BCUT2D eigenvalue weighted by Crippen LogP contribution is -2.35. The van der Waals surface area contributed by atoms with Crippen LogP contribution in [0.15, 0.2) is 18.2 Å². The Morgan fingerprint density at radius 3 is 2.86 bits per heavy atom. The number of carbonyl (C=O) groups excluding carboxylic acids is 1. The Morgan fingerprint density at radius 2 is 2.24 bits per heavy atom. The average molecular weight is 313 g/mol. The molecular weight excluding hydrogens is 292 g/mol. The van der Waals surface area contributed by atoms with Crippen molar-refractivity contribution in [2.24, 2.45) is 0 Å². The topological polar surface area (TPSA) is 59.6 Å². The summed E-state index contributed by atoms with van der Waals surface area (Å²) in [6.07, 6.45) is -0.663. The molecule has 0 aromatic heterocycles. The number of ether oxygens (including phenoxy) is 2. The molecule has 2 N–H and O–H groups in total. The number of nitrogens with one attached hydrogen (secondary N) is 2. The molecule has 1 aromatic carbocycles. The molecular formula is C15H21ClN2O3. The smallest absolute Gasteiger partial charge is 0.407 e. The van der Waals surface area contributed by atoms with Gasteiger partial charge < -0.3 is 20.1 Å². The van der Waals surface area contributed by atoms with Gasteiger partial charge in [0.05, 0.1) is 6.54 Å². The van der Waals surface area contributed by atoms with Crippen molar-refractivity contribution < 1.29 is 14.3 Å². The quantitative estimate of drug-likeness (QED) is 0.877. The summed E-state index contributed by atoms with van der Waals surface area (Å²) in [5.41, 5.74) is 0.896. The highest BCUT2D eigenvalue weighted by Gasteiger charge is 2.23. The zero-order chi connectivity index (χ0) is 15.5. The number of halogens is 1. The summed E-state index contributed by atoms with van der Waals surface area (Å²) in [7, 11) is 0. The van der Waals surface area contributed by atoms with Gasteiger partial charge in [-0.25, -0.2) is 4.79 Å². The third-order valence-corrected chi connectivity index (χ3v) is 3.40. The van der Waals surface area contributed by atoms with Gasteiger partial charge in [-0.15, -0.1) is 0 Å². The SMILES string of the molecule is CC(C)(C)NCc1c(Cl)cccc1OCC1CNC(=O)O1. The van der Waals surface area contributed by atoms with E-state index in [0.29, 0.717) is 30.5 Å². The van der Waals surface area contributed by atoms with Crippen LogP contribution >= 0.6 is 11.6 Å². The standard InChI is InChI=1S/C15H21ClN2O3/c1-15(2,3)18-8-11-12(16)5-4-6-13(11)20-9-10-7-17-14(19)21-10/h4-6,10,18H,7-9H2,1-3H3,(H,17,19). The van der Waals surface area contributed by atoms with E-state index in [2.05, 4.69) is 31.4 Å². The second kappa shape index (κ2) is 6.54. The van der Waals surface area contributed by atoms with Crippen molar-refractivity contribution >= 4 is 17.7 Å². The van der Waals surface area contributed by atoms with Gasteiger partial charge in [0.15, 0.2) is 6.10 Å². The van der Waals surface area contributed by atoms with E-state index in [1.807, 2.05) is 18.2 Å². The van der Waals surface area contributed by atoms with Crippen LogP contribution in [-0.2, 0) is 11.3 Å². The summed E-state index contributed by atoms with van der Waals surface area (Å²) in [6, 6.07) is 5.55. The fourth-order valence-electron chi connectivity index (χ4n) is 1.91. The van der Waals surface area contributed by atoms with E-state index >= 15 is 0 Å². The molecule has 1 unspecified atom stereocenters. The maximum absolute atomic E-state index is 11.0. The molecule has 0 bridgehead atoms. The molecule has 1 atom stereocenters. The molecule has 1 aliphatic rings. The summed E-state index contributed by atoms with van der Waals surface area (Å²) in [6.45, 7) is 7.66. The zero-order valence-corrected chi connectivity index (χ0v) is 13.3. The predicted molar refractivity (Wildman–Crippen MR) is 81.8 cm³/mol. The van der Waals surface area contributed by atoms with E-state index in [1.165, 1.54) is 0 Å². The lowest BCUT2D eigenvalue weighted by molar-refractivity contribution is 0.104. The first-order valence-electron chi connectivity index (χ1n) is 6.95. The molecule has 0 radical (unpaired) electrons. The number of amides is 1. The van der Waals surface area contributed by atoms with Crippen LogP contribution < -0.4 is 15.4 Å². The molecule has 1 fully saturated rings. The van der Waals surface area contributed by atoms with Crippen molar-refractivity contribution in [3.8, 4) is 5.75 Å². The molecule has 1 amide bonds. The van der Waals surface area contributed by atoms with Crippen LogP contribution in [0.3, 0.4) is 0 Å². The lowest BCUT2D eigenvalue weighted by atomic mass is 10.1. The van der Waals surface area contributed by atoms with Crippen LogP contribution in [0.25, 0.3) is 0 Å². The van der Waals surface area contributed by atoms with Crippen LogP contribution in [0.1, 0.15) is 26.3 Å². The average Bonchev–Trinajstić information content (AvgIpc) is 2.80. The van der Waals surface area contributed by atoms with Gasteiger partial charge in [-0.2, -0.15) is 0 Å². The number of alkyl carbamates (subject to hydrolysis) is 1. The fourth-order valence-corrected chi connectivity index (χ4v) is 2.14. The molecule has 1 saturated heterocycles. The minimum absolute atomic E-state index is 0.0126. The molecule has 116 valence electrons. The monoisotopic (exact) mass is 312 g/mol. The number of cyclic esters (lactones) is 1. The van der Waals surface area contributed by atoms with E-state index in [1.54, 1.807) is 0 Å². The van der Waals surface area contributed by atoms with Crippen LogP contribution in [-0.4, -0.2) is 30.9 Å². The van der Waals surface area contributed by atoms with Crippen molar-refractivity contribution in [3.05, 3.63) is 28.8 Å². The van der Waals surface area contributed by atoms with E-state index in [4.69, 9.17) is 21.1 Å². The molecule has 1 aromatic rings. The highest BCUT2D eigenvalue weighted by atomic mass is 35.5. The Bertz CT molecular complexity index is 514. The summed E-state index contributed by atoms with van der Waals surface area (Å²) in [5, 5.41) is 6.65. The predicted octanol–water partition coefficient (Wildman–Crippen LogP) is 2.72. The Labute approximate surface area is 130 Å². The summed E-state index contributed by atoms with van der Waals surface area (Å²) in [4.78, 5) is 11.0. The van der Waals surface area contributed by atoms with Crippen molar-refractivity contribution in [2.75, 3.05) is 13.2 Å². The molecule has 2 rings (SSSR count). The molecule has 1 heterocycles. The maximum atomic E-state index is 11.0. The number of benzene rings is 1. The van der Waals surface area contributed by atoms with Gasteiger partial charge in [-0.3, -0.25) is 0 Å². The Hall–Kier alpha value is -1.46. The highest BCUT2D eigenvalue weighted by molar-refractivity contribution is 6.31. The van der Waals surface area contributed by atoms with Crippen molar-refractivity contribution in [1.82, 2.24) is 10.6 Å². The fraction of sp³-hybridized carbons (Fsp3) is 0.533. The van der Waals surface area contributed by atoms with Gasteiger partial charge in [0.1, 0.15) is 12.4 Å². The first kappa shape index (κ1) is 15.9. The third kappa shape index (κ3) is 4.79. The van der Waals surface area contributed by atoms with Gasteiger partial charge in [-0.05, 0) is 32.9 Å². The van der Waals surface area contributed by atoms with Crippen LogP contribution in [0, 0.1) is 0 Å². The highest BCUT2D eigenvalue weighted by Crippen LogP contribution is 2.27. The molecule has 0 spiro atoms. The van der Waals surface area contributed by atoms with Gasteiger partial charge in [0, 0.05) is 22.7 Å². The second-order valence-electron chi connectivity index (χ2n) is 6.04. The minimum atomic E-state index is -0.399. The van der Waals surface area contributed by atoms with Crippen molar-refractivity contribution in [1.29, 1.82) is 0 Å². The number of carbonyl (C=O) groups is 1. The first-order chi connectivity index (χ1) is 9.85. The number of hydrogen-bond donors (Lipinski definition) is 2. The zero-order valence-electron chi connectivity index (χ0n) is 12.5. The van der Waals surface area contributed by atoms with E-state index in [-0.39, 0.29) is 11.6 Å². The normalized spacial score (nSPS) is 18.3. The molecule has 0 saturated carbocycles. The van der Waals surface area contributed by atoms with E-state index in [9.17, 15) is 4.79 Å². The summed E-state index contributed by atoms with van der Waals surface area (Å²) >= 11 is 6.26. The van der Waals surface area contributed by atoms with Crippen LogP contribution in [0.4, 0.5) is 4.79 Å². The Morgan fingerprint density at radius 1 is 1.48 bits per heavy atom. The molecule has 21 heavy (non-hydrogen) atoms. The maximum Gasteiger partial charge on any atom is 0.407 e. The van der Waals surface area contributed by atoms with E-state index < -0.39 is 6.09 Å². The first-order valence-corrected chi connectivity index (χ1v) is 7.32. The summed E-state index contributed by atoms with van der Waals surface area (Å²) < 4.78 is 10.8. The molecule has 0 aliphatic carbocycles. The van der Waals surface area contributed by atoms with Gasteiger partial charge >= 0.3 is 6.09 Å². The largest absolute Gasteiger partial charge is 0.489 e. The molecule has 6 heteroatoms. The Balaban J connectivity index is 2.01. The molecule has 5 nitrogen and oxygen atoms in total. The second-order valence-corrected chi connectivity index (χ2v) is 6.45. The van der Waals surface area contributed by atoms with Gasteiger partial charge in [0.2, 0.25) is 0 Å². The van der Waals surface area contributed by atoms with E-state index in [0.717, 1.165) is 5.56 Å². The lowest BCUT2D eigenvalue weighted by Gasteiger charge is -2.22. The summed E-state index contributed by atoms with van der Waals surface area (Å²) in [5.74, 6) is 0.710. The number of rotatable bonds is 5. The van der Waals surface area contributed by atoms with Crippen molar-refractivity contribution in [2.45, 2.75) is 39.0 Å². The van der Waals surface area contributed by atoms with Crippen LogP contribution in [0.5, 0.6) is 5.75 Å². The van der Waals surface area contributed by atoms with Crippen molar-refractivity contribution in [3.63, 3.8) is 0 Å². The third-order valence-electron chi connectivity index (χ3n) is 3.04. The van der Waals surface area contributed by atoms with Crippen LogP contribution in [0.2, 0.25) is 5.02 Å². The number of hydrogen-bond acceptors (Lipinski definition) is 4.